The molecule has 0 bridgehead atoms. The highest BCUT2D eigenvalue weighted by Gasteiger charge is 2.19. The lowest BCUT2D eigenvalue weighted by Crippen LogP contribution is -2.50. The number of pyridine rings is 1. The quantitative estimate of drug-likeness (QED) is 0.514. The van der Waals surface area contributed by atoms with E-state index in [1.807, 2.05) is 0 Å². The molecule has 0 radical (unpaired) electrons. The van der Waals surface area contributed by atoms with Crippen molar-refractivity contribution in [1.29, 1.82) is 0 Å². The van der Waals surface area contributed by atoms with Crippen molar-refractivity contribution in [3.05, 3.63) is 36.8 Å². The maximum Gasteiger partial charge on any atom is 0.420 e. The van der Waals surface area contributed by atoms with Crippen molar-refractivity contribution in [1.82, 2.24) is 14.8 Å². The Labute approximate surface area is 85.5 Å². The molecule has 0 aliphatic carbocycles. The summed E-state index contributed by atoms with van der Waals surface area (Å²) in [5.74, 6) is 0. The Hall–Kier alpha value is -1.70. The second kappa shape index (κ2) is 3.46. The highest BCUT2D eigenvalue weighted by molar-refractivity contribution is 6.70. The van der Waals surface area contributed by atoms with Crippen LogP contribution in [0, 0.1) is 0 Å². The highest BCUT2D eigenvalue weighted by atomic mass is 16.5. The summed E-state index contributed by atoms with van der Waals surface area (Å²) in [6.07, 6.45) is 4.74. The number of hydrogen-bond donors (Lipinski definition) is 3. The number of nitrogens with zero attached hydrogens (tertiary/aromatic N) is 3. The fraction of sp³-hybridized carbons (Fsp3) is 0. The van der Waals surface area contributed by atoms with Crippen LogP contribution < -0.4 is 5.59 Å². The van der Waals surface area contributed by atoms with Gasteiger partial charge in [0.05, 0.1) is 5.69 Å². The molecule has 0 fully saturated rings. The zero-order chi connectivity index (χ0) is 10.9. The Morgan fingerprint density at radius 1 is 1.20 bits per heavy atom. The van der Waals surface area contributed by atoms with E-state index in [2.05, 4.69) is 10.1 Å². The van der Waals surface area contributed by atoms with E-state index in [0.29, 0.717) is 5.69 Å². The van der Waals surface area contributed by atoms with Crippen molar-refractivity contribution in [3.8, 4) is 5.69 Å². The summed E-state index contributed by atoms with van der Waals surface area (Å²) in [6.45, 7) is -3.52. The van der Waals surface area contributed by atoms with E-state index in [1.54, 1.807) is 29.2 Å². The van der Waals surface area contributed by atoms with E-state index < -0.39 is 6.75 Å². The molecule has 0 aliphatic heterocycles. The number of aromatic nitrogens is 3. The first kappa shape index (κ1) is 9.84. The van der Waals surface area contributed by atoms with Crippen LogP contribution in [-0.2, 0) is 0 Å². The third kappa shape index (κ3) is 2.04. The third-order valence-corrected chi connectivity index (χ3v) is 1.94. The topological polar surface area (TPSA) is 91.4 Å². The largest absolute Gasteiger partial charge is 0.555 e. The molecule has 15 heavy (non-hydrogen) atoms. The predicted octanol–water partition coefficient (Wildman–Crippen LogP) is -1.61. The summed E-state index contributed by atoms with van der Waals surface area (Å²) >= 11 is 0. The van der Waals surface area contributed by atoms with Gasteiger partial charge in [-0.3, -0.25) is 4.98 Å². The molecule has 0 aromatic carbocycles. The van der Waals surface area contributed by atoms with Crippen molar-refractivity contribution >= 4 is 12.3 Å². The van der Waals surface area contributed by atoms with Crippen molar-refractivity contribution in [2.24, 2.45) is 0 Å². The number of rotatable bonds is 2. The molecule has 0 saturated heterocycles. The molecule has 0 unspecified atom stereocenters. The van der Waals surface area contributed by atoms with Gasteiger partial charge in [0, 0.05) is 18.6 Å². The summed E-state index contributed by atoms with van der Waals surface area (Å²) in [5.41, 5.74) is 0.495. The van der Waals surface area contributed by atoms with Crippen LogP contribution in [0.15, 0.2) is 36.8 Å². The molecule has 0 atom stereocenters. The molecule has 7 heteroatoms. The van der Waals surface area contributed by atoms with E-state index in [-0.39, 0.29) is 5.59 Å². The first-order valence-electron chi connectivity index (χ1n) is 4.35. The van der Waals surface area contributed by atoms with Gasteiger partial charge in [0.2, 0.25) is 0 Å². The fourth-order valence-corrected chi connectivity index (χ4v) is 1.18. The van der Waals surface area contributed by atoms with Crippen LogP contribution in [0.4, 0.5) is 0 Å². The van der Waals surface area contributed by atoms with E-state index in [1.165, 1.54) is 12.3 Å². The van der Waals surface area contributed by atoms with E-state index in [4.69, 9.17) is 15.1 Å². The summed E-state index contributed by atoms with van der Waals surface area (Å²) in [7, 11) is 0. The van der Waals surface area contributed by atoms with Crippen LogP contribution in [0.5, 0.6) is 0 Å². The summed E-state index contributed by atoms with van der Waals surface area (Å²) in [4.78, 5) is 3.72. The molecule has 2 aromatic rings. The minimum absolute atomic E-state index is 0.175. The Bertz CT molecular complexity index is 435. The van der Waals surface area contributed by atoms with Gasteiger partial charge in [-0.05, 0) is 17.7 Å². The maximum absolute atomic E-state index is 8.90. The lowest BCUT2D eigenvalue weighted by atomic mass is 9.75. The lowest BCUT2D eigenvalue weighted by Gasteiger charge is -2.19. The molecular weight excluding hydrogens is 197 g/mol. The smallest absolute Gasteiger partial charge is 0.420 e. The Morgan fingerprint density at radius 2 is 2.00 bits per heavy atom. The van der Waals surface area contributed by atoms with Crippen molar-refractivity contribution < 1.29 is 15.1 Å². The van der Waals surface area contributed by atoms with E-state index in [9.17, 15) is 0 Å². The molecule has 0 aliphatic rings. The van der Waals surface area contributed by atoms with Gasteiger partial charge >= 0.3 is 6.75 Å². The fourth-order valence-electron chi connectivity index (χ4n) is 1.18. The average molecular weight is 206 g/mol. The second-order valence-corrected chi connectivity index (χ2v) is 3.13. The normalized spacial score (nSPS) is 11.7. The first-order chi connectivity index (χ1) is 7.07. The van der Waals surface area contributed by atoms with Gasteiger partial charge in [0.25, 0.3) is 0 Å². The van der Waals surface area contributed by atoms with E-state index >= 15 is 0 Å². The molecule has 2 heterocycles. The third-order valence-electron chi connectivity index (χ3n) is 1.94. The molecule has 6 nitrogen and oxygen atoms in total. The molecule has 0 saturated carbocycles. The zero-order valence-corrected chi connectivity index (χ0v) is 7.72. The predicted molar refractivity (Wildman–Crippen MR) is 53.4 cm³/mol. The monoisotopic (exact) mass is 206 g/mol. The minimum atomic E-state index is -3.52. The average Bonchev–Trinajstić information content (AvgIpc) is 2.69. The SMILES string of the molecule is O[B-](O)(O)c1ccc(-n2cccn2)cn1. The van der Waals surface area contributed by atoms with E-state index in [0.717, 1.165) is 0 Å². The summed E-state index contributed by atoms with van der Waals surface area (Å²) in [5, 5.41) is 30.7. The minimum Gasteiger partial charge on any atom is -0.555 e. The van der Waals surface area contributed by atoms with Gasteiger partial charge in [-0.1, -0.05) is 6.07 Å². The van der Waals surface area contributed by atoms with Crippen molar-refractivity contribution in [2.45, 2.75) is 0 Å². The highest BCUT2D eigenvalue weighted by Crippen LogP contribution is 2.02. The second-order valence-electron chi connectivity index (χ2n) is 3.13. The lowest BCUT2D eigenvalue weighted by molar-refractivity contribution is 0.248. The van der Waals surface area contributed by atoms with Gasteiger partial charge < -0.3 is 15.1 Å². The van der Waals surface area contributed by atoms with Gasteiger partial charge in [-0.25, -0.2) is 4.68 Å². The van der Waals surface area contributed by atoms with Gasteiger partial charge in [0.15, 0.2) is 0 Å². The molecule has 2 aromatic heterocycles. The van der Waals surface area contributed by atoms with Crippen LogP contribution in [-0.4, -0.2) is 36.6 Å². The van der Waals surface area contributed by atoms with Crippen molar-refractivity contribution in [2.75, 3.05) is 0 Å². The molecule has 2 rings (SSSR count). The van der Waals surface area contributed by atoms with Crippen LogP contribution in [0.3, 0.4) is 0 Å². The molecule has 0 amide bonds. The Balaban J connectivity index is 2.33. The Morgan fingerprint density at radius 3 is 2.47 bits per heavy atom. The summed E-state index contributed by atoms with van der Waals surface area (Å²) < 4.78 is 1.57. The van der Waals surface area contributed by atoms with Crippen LogP contribution in [0.25, 0.3) is 5.69 Å². The van der Waals surface area contributed by atoms with Crippen LogP contribution in [0.1, 0.15) is 0 Å². The van der Waals surface area contributed by atoms with Gasteiger partial charge in [0.1, 0.15) is 0 Å². The Kier molecular flexibility index (Phi) is 2.27. The zero-order valence-electron chi connectivity index (χ0n) is 7.72. The van der Waals surface area contributed by atoms with Gasteiger partial charge in [-0.2, -0.15) is 5.10 Å². The van der Waals surface area contributed by atoms with Crippen molar-refractivity contribution in [3.63, 3.8) is 0 Å². The molecule has 78 valence electrons. The molecular formula is C8H9BN3O3-. The first-order valence-corrected chi connectivity index (χ1v) is 4.35. The standard InChI is InChI=1S/C8H9BN3O3/c13-9(14,15)8-3-2-7(6-10-8)12-5-1-4-11-12/h1-6,13-15H/q-1. The van der Waals surface area contributed by atoms with Gasteiger partial charge in [-0.15, -0.1) is 0 Å². The van der Waals surface area contributed by atoms with Crippen LogP contribution >= 0.6 is 0 Å². The molecule has 3 N–H and O–H groups in total. The molecule has 0 spiro atoms. The van der Waals surface area contributed by atoms with Crippen LogP contribution in [0.2, 0.25) is 0 Å². The summed E-state index contributed by atoms with van der Waals surface area (Å²) in [6, 6.07) is 4.66. The maximum atomic E-state index is 8.90. The number of hydrogen-bond acceptors (Lipinski definition) is 5.